The van der Waals surface area contributed by atoms with E-state index in [0.717, 1.165) is 6.42 Å². The van der Waals surface area contributed by atoms with Crippen molar-refractivity contribution in [2.45, 2.75) is 45.1 Å². The summed E-state index contributed by atoms with van der Waals surface area (Å²) in [6.07, 6.45) is 8.14. The number of aromatic nitrogens is 1. The van der Waals surface area contributed by atoms with Gasteiger partial charge in [-0.05, 0) is 6.42 Å². The third-order valence-electron chi connectivity index (χ3n) is 2.34. The lowest BCUT2D eigenvalue weighted by molar-refractivity contribution is 0.487. The van der Waals surface area contributed by atoms with Gasteiger partial charge >= 0.3 is 0 Å². The van der Waals surface area contributed by atoms with Crippen LogP contribution in [0.1, 0.15) is 49.9 Å². The Labute approximate surface area is 89.7 Å². The van der Waals surface area contributed by atoms with Gasteiger partial charge in [-0.2, -0.15) is 0 Å². The lowest BCUT2D eigenvalue weighted by Crippen LogP contribution is -2.27. The number of hydrogen-bond donors (Lipinski definition) is 2. The van der Waals surface area contributed by atoms with Crippen LogP contribution in [0.25, 0.3) is 0 Å². The molecule has 3 N–H and O–H groups in total. The van der Waals surface area contributed by atoms with Crippen molar-refractivity contribution < 1.29 is 0 Å². The summed E-state index contributed by atoms with van der Waals surface area (Å²) >= 11 is 1.67. The molecule has 0 radical (unpaired) electrons. The van der Waals surface area contributed by atoms with Crippen LogP contribution in [0, 0.1) is 0 Å². The molecule has 1 rings (SSSR count). The summed E-state index contributed by atoms with van der Waals surface area (Å²) in [6, 6.07) is 0.291. The molecule has 0 aliphatic carbocycles. The van der Waals surface area contributed by atoms with Gasteiger partial charge in [-0.25, -0.2) is 0 Å². The fourth-order valence-corrected chi connectivity index (χ4v) is 2.20. The van der Waals surface area contributed by atoms with Gasteiger partial charge in [0.25, 0.3) is 0 Å². The van der Waals surface area contributed by atoms with Crippen LogP contribution in [0.5, 0.6) is 0 Å². The smallest absolute Gasteiger partial charge is 0.0794 e. The maximum Gasteiger partial charge on any atom is 0.0794 e. The normalized spacial score (nSPS) is 13.0. The van der Waals surface area contributed by atoms with Crippen molar-refractivity contribution in [1.29, 1.82) is 0 Å². The van der Waals surface area contributed by atoms with Crippen molar-refractivity contribution in [3.05, 3.63) is 16.6 Å². The van der Waals surface area contributed by atoms with Crippen LogP contribution >= 0.6 is 11.3 Å². The molecule has 1 aromatic heterocycles. The van der Waals surface area contributed by atoms with Gasteiger partial charge in [0.15, 0.2) is 0 Å². The van der Waals surface area contributed by atoms with E-state index >= 15 is 0 Å². The first-order chi connectivity index (χ1) is 6.88. The fourth-order valence-electron chi connectivity index (χ4n) is 1.48. The number of nitrogens with two attached hydrogens (primary N) is 1. The summed E-state index contributed by atoms with van der Waals surface area (Å²) in [5.41, 5.74) is 4.70. The quantitative estimate of drug-likeness (QED) is 0.416. The molecule has 0 saturated heterocycles. The van der Waals surface area contributed by atoms with Gasteiger partial charge in [0.05, 0.1) is 11.6 Å². The Morgan fingerprint density at radius 2 is 2.36 bits per heavy atom. The zero-order chi connectivity index (χ0) is 10.2. The Hall–Kier alpha value is -0.450. The number of hydrazine groups is 1. The second-order valence-corrected chi connectivity index (χ2v) is 4.39. The largest absolute Gasteiger partial charge is 0.271 e. The summed E-state index contributed by atoms with van der Waals surface area (Å²) < 4.78 is 0. The second kappa shape index (κ2) is 6.92. The van der Waals surface area contributed by atoms with E-state index in [9.17, 15) is 0 Å². The standard InChI is InChI=1S/C10H19N3S/c1-2-3-4-5-6-9(13-11)10-7-12-8-14-10/h7-9,13H,2-6,11H2,1H3. The van der Waals surface area contributed by atoms with Crippen molar-refractivity contribution >= 4 is 11.3 Å². The number of thiazole rings is 1. The first kappa shape index (κ1) is 11.6. The predicted molar refractivity (Wildman–Crippen MR) is 60.9 cm³/mol. The molecular weight excluding hydrogens is 194 g/mol. The van der Waals surface area contributed by atoms with E-state index in [1.165, 1.54) is 30.6 Å². The zero-order valence-corrected chi connectivity index (χ0v) is 9.52. The third-order valence-corrected chi connectivity index (χ3v) is 3.23. The fraction of sp³-hybridized carbons (Fsp3) is 0.700. The lowest BCUT2D eigenvalue weighted by Gasteiger charge is -2.12. The molecule has 1 unspecified atom stereocenters. The molecule has 4 heteroatoms. The summed E-state index contributed by atoms with van der Waals surface area (Å²) in [7, 11) is 0. The minimum absolute atomic E-state index is 0.291. The van der Waals surface area contributed by atoms with E-state index in [0.29, 0.717) is 6.04 Å². The predicted octanol–water partition coefficient (Wildman–Crippen LogP) is 2.62. The Morgan fingerprint density at radius 3 is 2.93 bits per heavy atom. The molecule has 0 aliphatic rings. The van der Waals surface area contributed by atoms with E-state index in [2.05, 4.69) is 17.3 Å². The number of nitrogens with zero attached hydrogens (tertiary/aromatic N) is 1. The summed E-state index contributed by atoms with van der Waals surface area (Å²) in [5, 5.41) is 0. The van der Waals surface area contributed by atoms with Crippen LogP contribution in [-0.2, 0) is 0 Å². The Bertz CT molecular complexity index is 223. The monoisotopic (exact) mass is 213 g/mol. The first-order valence-electron chi connectivity index (χ1n) is 5.23. The van der Waals surface area contributed by atoms with Crippen LogP contribution in [0.2, 0.25) is 0 Å². The Balaban J connectivity index is 2.26. The molecular formula is C10H19N3S. The van der Waals surface area contributed by atoms with Crippen LogP contribution in [-0.4, -0.2) is 4.98 Å². The van der Waals surface area contributed by atoms with E-state index in [1.54, 1.807) is 11.3 Å². The molecule has 0 saturated carbocycles. The van der Waals surface area contributed by atoms with E-state index in [1.807, 2.05) is 11.7 Å². The van der Waals surface area contributed by atoms with Crippen molar-refractivity contribution in [2.24, 2.45) is 5.84 Å². The van der Waals surface area contributed by atoms with Crippen molar-refractivity contribution in [1.82, 2.24) is 10.4 Å². The highest BCUT2D eigenvalue weighted by Gasteiger charge is 2.09. The Morgan fingerprint density at radius 1 is 1.50 bits per heavy atom. The number of unbranched alkanes of at least 4 members (excludes halogenated alkanes) is 3. The van der Waals surface area contributed by atoms with Crippen molar-refractivity contribution in [3.8, 4) is 0 Å². The average Bonchev–Trinajstić information content (AvgIpc) is 2.71. The number of rotatable bonds is 7. The highest BCUT2D eigenvalue weighted by Crippen LogP contribution is 2.22. The van der Waals surface area contributed by atoms with Crippen molar-refractivity contribution in [3.63, 3.8) is 0 Å². The van der Waals surface area contributed by atoms with E-state index in [4.69, 9.17) is 5.84 Å². The minimum atomic E-state index is 0.291. The minimum Gasteiger partial charge on any atom is -0.271 e. The highest BCUT2D eigenvalue weighted by molar-refractivity contribution is 7.09. The molecule has 1 aromatic rings. The lowest BCUT2D eigenvalue weighted by atomic mass is 10.1. The molecule has 0 aromatic carbocycles. The molecule has 80 valence electrons. The van der Waals surface area contributed by atoms with Gasteiger partial charge in [0.1, 0.15) is 0 Å². The number of nitrogens with one attached hydrogen (secondary N) is 1. The van der Waals surface area contributed by atoms with Gasteiger partial charge in [-0.15, -0.1) is 11.3 Å². The third kappa shape index (κ3) is 3.74. The van der Waals surface area contributed by atoms with Crippen LogP contribution in [0.15, 0.2) is 11.7 Å². The number of hydrogen-bond acceptors (Lipinski definition) is 4. The molecule has 0 fully saturated rings. The molecule has 0 amide bonds. The first-order valence-corrected chi connectivity index (χ1v) is 6.11. The molecule has 0 bridgehead atoms. The van der Waals surface area contributed by atoms with Gasteiger partial charge in [0, 0.05) is 11.1 Å². The van der Waals surface area contributed by atoms with Gasteiger partial charge in [-0.3, -0.25) is 16.3 Å². The molecule has 1 atom stereocenters. The van der Waals surface area contributed by atoms with E-state index < -0.39 is 0 Å². The Kier molecular flexibility index (Phi) is 5.75. The summed E-state index contributed by atoms with van der Waals surface area (Å²) in [6.45, 7) is 2.22. The highest BCUT2D eigenvalue weighted by atomic mass is 32.1. The van der Waals surface area contributed by atoms with E-state index in [-0.39, 0.29) is 0 Å². The summed E-state index contributed by atoms with van der Waals surface area (Å²) in [5.74, 6) is 5.51. The molecule has 0 aliphatic heterocycles. The zero-order valence-electron chi connectivity index (χ0n) is 8.70. The average molecular weight is 213 g/mol. The van der Waals surface area contributed by atoms with Crippen molar-refractivity contribution in [2.75, 3.05) is 0 Å². The summed E-state index contributed by atoms with van der Waals surface area (Å²) in [4.78, 5) is 5.30. The van der Waals surface area contributed by atoms with Gasteiger partial charge in [0.2, 0.25) is 0 Å². The molecule has 1 heterocycles. The van der Waals surface area contributed by atoms with Crippen LogP contribution in [0.3, 0.4) is 0 Å². The van der Waals surface area contributed by atoms with Gasteiger partial charge in [-0.1, -0.05) is 32.6 Å². The maximum atomic E-state index is 5.51. The van der Waals surface area contributed by atoms with Gasteiger partial charge < -0.3 is 0 Å². The molecule has 3 nitrogen and oxygen atoms in total. The second-order valence-electron chi connectivity index (χ2n) is 3.47. The molecule has 0 spiro atoms. The van der Waals surface area contributed by atoms with Crippen LogP contribution < -0.4 is 11.3 Å². The maximum absolute atomic E-state index is 5.51. The SMILES string of the molecule is CCCCCCC(NN)c1cncs1. The molecule has 14 heavy (non-hydrogen) atoms. The topological polar surface area (TPSA) is 50.9 Å². The van der Waals surface area contributed by atoms with Crippen LogP contribution in [0.4, 0.5) is 0 Å².